The summed E-state index contributed by atoms with van der Waals surface area (Å²) >= 11 is 0. The first-order valence-electron chi connectivity index (χ1n) is 11.2. The summed E-state index contributed by atoms with van der Waals surface area (Å²) in [6.07, 6.45) is 0.0434. The highest BCUT2D eigenvalue weighted by atomic mass is 28.4. The Labute approximate surface area is 182 Å². The predicted molar refractivity (Wildman–Crippen MR) is 126 cm³/mol. The minimum absolute atomic E-state index is 0.0251. The van der Waals surface area contributed by atoms with E-state index in [0.29, 0.717) is 6.61 Å². The second-order valence-corrected chi connectivity index (χ2v) is 14.1. The number of hydrogen-bond acceptors (Lipinski definition) is 4. The Kier molecular flexibility index (Phi) is 6.20. The van der Waals surface area contributed by atoms with E-state index >= 15 is 0 Å². The molecule has 0 aliphatic carbocycles. The summed E-state index contributed by atoms with van der Waals surface area (Å²) in [6.45, 7) is 14.9. The van der Waals surface area contributed by atoms with Crippen molar-refractivity contribution >= 4 is 18.7 Å². The summed E-state index contributed by atoms with van der Waals surface area (Å²) in [4.78, 5) is 2.58. The van der Waals surface area contributed by atoms with Gasteiger partial charge in [-0.05, 0) is 22.3 Å². The first kappa shape index (κ1) is 21.7. The van der Waals surface area contributed by atoms with Crippen LogP contribution < -0.4 is 15.7 Å². The van der Waals surface area contributed by atoms with Crippen molar-refractivity contribution in [3.8, 4) is 0 Å². The van der Waals surface area contributed by atoms with Crippen LogP contribution in [0.25, 0.3) is 0 Å². The fourth-order valence-electron chi connectivity index (χ4n) is 5.18. The Balaban J connectivity index is 1.80. The summed E-state index contributed by atoms with van der Waals surface area (Å²) in [6, 6.07) is 21.9. The number of nitrogens with one attached hydrogen (secondary N) is 1. The fraction of sp³-hybridized carbons (Fsp3) is 0.520. The smallest absolute Gasteiger partial charge is 0.261 e. The average Bonchev–Trinajstić information content (AvgIpc) is 3.14. The molecule has 2 fully saturated rings. The Morgan fingerprint density at radius 3 is 2.00 bits per heavy atom. The van der Waals surface area contributed by atoms with Crippen LogP contribution in [0.15, 0.2) is 60.7 Å². The van der Waals surface area contributed by atoms with Crippen molar-refractivity contribution in [3.05, 3.63) is 60.7 Å². The van der Waals surface area contributed by atoms with Crippen LogP contribution in [0.3, 0.4) is 0 Å². The molecule has 0 bridgehead atoms. The molecule has 0 aromatic heterocycles. The molecule has 1 N–H and O–H groups in total. The van der Waals surface area contributed by atoms with Gasteiger partial charge in [0.25, 0.3) is 8.32 Å². The molecule has 2 aliphatic heterocycles. The molecule has 2 heterocycles. The largest absolute Gasteiger partial charge is 0.400 e. The maximum atomic E-state index is 7.46. The molecule has 30 heavy (non-hydrogen) atoms. The second-order valence-electron chi connectivity index (χ2n) is 9.88. The quantitative estimate of drug-likeness (QED) is 0.748. The second kappa shape index (κ2) is 8.56. The number of hydrogen-bond donors (Lipinski definition) is 1. The van der Waals surface area contributed by atoms with Gasteiger partial charge in [0.05, 0.1) is 24.9 Å². The van der Waals surface area contributed by atoms with Crippen LogP contribution in [0.1, 0.15) is 27.7 Å². The molecule has 4 rings (SSSR count). The molecule has 0 radical (unpaired) electrons. The van der Waals surface area contributed by atoms with E-state index in [1.807, 2.05) is 0 Å². The Hall–Kier alpha value is -1.50. The van der Waals surface area contributed by atoms with E-state index in [-0.39, 0.29) is 16.7 Å². The number of benzene rings is 2. The fourth-order valence-corrected chi connectivity index (χ4v) is 9.94. The van der Waals surface area contributed by atoms with Crippen molar-refractivity contribution in [1.82, 2.24) is 10.2 Å². The molecule has 0 unspecified atom stereocenters. The molecular weight excluding hydrogens is 388 g/mol. The van der Waals surface area contributed by atoms with Gasteiger partial charge in [0, 0.05) is 26.2 Å². The van der Waals surface area contributed by atoms with Crippen molar-refractivity contribution < 1.29 is 9.16 Å². The summed E-state index contributed by atoms with van der Waals surface area (Å²) in [7, 11) is -2.59. The highest BCUT2D eigenvalue weighted by Gasteiger charge is 2.56. The molecular formula is C25H36N2O2Si. The number of nitrogens with zero attached hydrogens (tertiary/aromatic N) is 1. The lowest BCUT2D eigenvalue weighted by Crippen LogP contribution is -2.71. The van der Waals surface area contributed by atoms with Gasteiger partial charge in [-0.25, -0.2) is 0 Å². The number of rotatable bonds is 5. The SMILES string of the molecule is CC(C)(C)[Si](O[C@H]1COC[C@@]1(C)N1CCNCC1)(c1ccccc1)c1ccccc1. The molecule has 2 aliphatic rings. The van der Waals surface area contributed by atoms with Gasteiger partial charge in [0.2, 0.25) is 0 Å². The zero-order valence-electron chi connectivity index (χ0n) is 18.9. The summed E-state index contributed by atoms with van der Waals surface area (Å²) < 4.78 is 13.5. The van der Waals surface area contributed by atoms with Crippen LogP contribution in [0.2, 0.25) is 5.04 Å². The molecule has 4 nitrogen and oxygen atoms in total. The molecule has 2 aromatic rings. The van der Waals surface area contributed by atoms with Gasteiger partial charge in [-0.3, -0.25) is 4.90 Å². The third-order valence-corrected chi connectivity index (χ3v) is 12.0. The first-order chi connectivity index (χ1) is 14.4. The lowest BCUT2D eigenvalue weighted by atomic mass is 9.95. The molecule has 162 valence electrons. The van der Waals surface area contributed by atoms with E-state index in [0.717, 1.165) is 32.8 Å². The van der Waals surface area contributed by atoms with E-state index in [1.54, 1.807) is 0 Å². The van der Waals surface area contributed by atoms with Gasteiger partial charge in [-0.15, -0.1) is 0 Å². The number of piperazine rings is 1. The van der Waals surface area contributed by atoms with Crippen molar-refractivity contribution in [2.45, 2.75) is 44.4 Å². The first-order valence-corrected chi connectivity index (χ1v) is 13.1. The molecule has 0 amide bonds. The Morgan fingerprint density at radius 1 is 0.967 bits per heavy atom. The lowest BCUT2D eigenvalue weighted by molar-refractivity contribution is 0.0126. The van der Waals surface area contributed by atoms with Crippen LogP contribution in [0, 0.1) is 0 Å². The van der Waals surface area contributed by atoms with Crippen molar-refractivity contribution in [1.29, 1.82) is 0 Å². The third kappa shape index (κ3) is 3.78. The summed E-state index contributed by atoms with van der Waals surface area (Å²) in [5, 5.41) is 6.12. The van der Waals surface area contributed by atoms with Crippen LogP contribution in [-0.2, 0) is 9.16 Å². The van der Waals surface area contributed by atoms with E-state index < -0.39 is 8.32 Å². The minimum atomic E-state index is -2.59. The van der Waals surface area contributed by atoms with Crippen LogP contribution in [0.4, 0.5) is 0 Å². The van der Waals surface area contributed by atoms with Gasteiger partial charge < -0.3 is 14.5 Å². The standard InChI is InChI=1S/C25H36N2O2Si/c1-24(2,3)30(21-11-7-5-8-12-21,22-13-9-6-10-14-22)29-23-19-28-20-25(23,4)27-17-15-26-16-18-27/h5-14,23,26H,15-20H2,1-4H3/t23-,25+/m0/s1. The molecule has 0 spiro atoms. The number of ether oxygens (including phenoxy) is 1. The summed E-state index contributed by atoms with van der Waals surface area (Å²) in [5.74, 6) is 0. The lowest BCUT2D eigenvalue weighted by Gasteiger charge is -2.49. The molecule has 2 aromatic carbocycles. The third-order valence-electron chi connectivity index (χ3n) is 6.93. The Morgan fingerprint density at radius 2 is 1.50 bits per heavy atom. The van der Waals surface area contributed by atoms with Gasteiger partial charge in [-0.2, -0.15) is 0 Å². The molecule has 5 heteroatoms. The van der Waals surface area contributed by atoms with E-state index in [1.165, 1.54) is 10.4 Å². The van der Waals surface area contributed by atoms with E-state index in [9.17, 15) is 0 Å². The van der Waals surface area contributed by atoms with Gasteiger partial charge in [0.15, 0.2) is 0 Å². The maximum absolute atomic E-state index is 7.46. The molecule has 2 atom stereocenters. The Bertz CT molecular complexity index is 779. The van der Waals surface area contributed by atoms with Gasteiger partial charge >= 0.3 is 0 Å². The average molecular weight is 425 g/mol. The van der Waals surface area contributed by atoms with Crippen LogP contribution >= 0.6 is 0 Å². The monoisotopic (exact) mass is 424 g/mol. The molecule has 2 saturated heterocycles. The van der Waals surface area contributed by atoms with Crippen molar-refractivity contribution in [3.63, 3.8) is 0 Å². The summed E-state index contributed by atoms with van der Waals surface area (Å²) in [5.41, 5.74) is -0.102. The van der Waals surface area contributed by atoms with Crippen molar-refractivity contribution in [2.75, 3.05) is 39.4 Å². The van der Waals surface area contributed by atoms with Crippen LogP contribution in [0.5, 0.6) is 0 Å². The van der Waals surface area contributed by atoms with Gasteiger partial charge in [-0.1, -0.05) is 81.4 Å². The minimum Gasteiger partial charge on any atom is -0.400 e. The topological polar surface area (TPSA) is 33.7 Å². The van der Waals surface area contributed by atoms with Crippen molar-refractivity contribution in [2.24, 2.45) is 0 Å². The van der Waals surface area contributed by atoms with E-state index in [2.05, 4.69) is 98.6 Å². The zero-order valence-corrected chi connectivity index (χ0v) is 19.9. The zero-order chi connectivity index (χ0) is 21.2. The normalized spacial score (nSPS) is 26.1. The van der Waals surface area contributed by atoms with E-state index in [4.69, 9.17) is 9.16 Å². The molecule has 0 saturated carbocycles. The highest BCUT2D eigenvalue weighted by Crippen LogP contribution is 2.40. The highest BCUT2D eigenvalue weighted by molar-refractivity contribution is 6.99. The van der Waals surface area contributed by atoms with Gasteiger partial charge in [0.1, 0.15) is 0 Å². The maximum Gasteiger partial charge on any atom is 0.261 e. The predicted octanol–water partition coefficient (Wildman–Crippen LogP) is 2.63. The van der Waals surface area contributed by atoms with Crippen LogP contribution in [-0.4, -0.2) is 64.3 Å².